The van der Waals surface area contributed by atoms with Gasteiger partial charge in [-0.2, -0.15) is 17.4 Å². The molecule has 2 N–H and O–H groups in total. The Morgan fingerprint density at radius 3 is 2.47 bits per heavy atom. The van der Waals surface area contributed by atoms with E-state index in [1.165, 1.54) is 4.31 Å². The van der Waals surface area contributed by atoms with Crippen LogP contribution in [0.5, 0.6) is 0 Å². The largest absolute Gasteiger partial charge is 0.480 e. The lowest BCUT2D eigenvalue weighted by molar-refractivity contribution is -0.140. The van der Waals surface area contributed by atoms with Gasteiger partial charge in [-0.3, -0.25) is 4.79 Å². The number of halogens is 2. The number of carbonyl (C=O) groups is 1. The molecule has 1 aliphatic carbocycles. The van der Waals surface area contributed by atoms with Crippen LogP contribution in [-0.4, -0.2) is 55.5 Å². The first-order chi connectivity index (χ1) is 14.8. The standard InChI is InChI=1S/C22H26ClN3O4S.ClH/c1-16-20(17-7-3-2-4-8-17)22(16,21(27)28)24-31(29,30)26-12-6-11-25(13-14-26)19-10-5-9-18(23)15-19;/h2-5,7-10,15-16,20,24H,6,11-14H2,1H3,(H,27,28);1H/t16?,20-,22+;/m1./s1. The molecule has 3 atom stereocenters. The number of aliphatic carboxylic acids is 1. The molecule has 1 saturated heterocycles. The molecule has 0 radical (unpaired) electrons. The van der Waals surface area contributed by atoms with Crippen molar-refractivity contribution < 1.29 is 18.3 Å². The summed E-state index contributed by atoms with van der Waals surface area (Å²) in [7, 11) is -3.98. The van der Waals surface area contributed by atoms with Crippen LogP contribution in [0.3, 0.4) is 0 Å². The number of nitrogens with zero attached hydrogens (tertiary/aromatic N) is 2. The first-order valence-corrected chi connectivity index (χ1v) is 12.2. The predicted molar refractivity (Wildman–Crippen MR) is 128 cm³/mol. The first kappa shape index (κ1) is 24.8. The van der Waals surface area contributed by atoms with Gasteiger partial charge in [-0.05, 0) is 36.1 Å². The van der Waals surface area contributed by atoms with Gasteiger partial charge in [0.25, 0.3) is 10.2 Å². The van der Waals surface area contributed by atoms with Gasteiger partial charge in [0.2, 0.25) is 0 Å². The van der Waals surface area contributed by atoms with E-state index < -0.39 is 27.6 Å². The third kappa shape index (κ3) is 4.61. The van der Waals surface area contributed by atoms with Crippen LogP contribution in [0, 0.1) is 5.92 Å². The molecule has 0 bridgehead atoms. The zero-order chi connectivity index (χ0) is 22.2. The topological polar surface area (TPSA) is 90.0 Å². The van der Waals surface area contributed by atoms with Crippen LogP contribution in [-0.2, 0) is 15.0 Å². The Kier molecular flexibility index (Phi) is 7.41. The fourth-order valence-corrected chi connectivity index (χ4v) is 6.48. The highest BCUT2D eigenvalue weighted by atomic mass is 35.5. The van der Waals surface area contributed by atoms with E-state index in [0.29, 0.717) is 31.1 Å². The zero-order valence-corrected chi connectivity index (χ0v) is 20.0. The molecule has 1 heterocycles. The van der Waals surface area contributed by atoms with E-state index in [9.17, 15) is 18.3 Å². The number of hydrogen-bond donors (Lipinski definition) is 2. The van der Waals surface area contributed by atoms with Crippen LogP contribution in [0.25, 0.3) is 0 Å². The molecule has 2 fully saturated rings. The van der Waals surface area contributed by atoms with Crippen molar-refractivity contribution in [2.24, 2.45) is 5.92 Å². The molecule has 2 aliphatic rings. The molecular weight excluding hydrogens is 473 g/mol. The van der Waals surface area contributed by atoms with Gasteiger partial charge in [0.1, 0.15) is 5.54 Å². The van der Waals surface area contributed by atoms with Crippen molar-refractivity contribution in [2.45, 2.75) is 24.8 Å². The Hall–Kier alpha value is -1.84. The van der Waals surface area contributed by atoms with Crippen molar-refractivity contribution in [2.75, 3.05) is 31.1 Å². The fraction of sp³-hybridized carbons (Fsp3) is 0.409. The minimum Gasteiger partial charge on any atom is -0.480 e. The number of hydrogen-bond acceptors (Lipinski definition) is 4. The summed E-state index contributed by atoms with van der Waals surface area (Å²) in [5, 5.41) is 10.6. The molecule has 0 spiro atoms. The number of anilines is 1. The summed E-state index contributed by atoms with van der Waals surface area (Å²) in [4.78, 5) is 14.3. The number of nitrogens with one attached hydrogen (secondary N) is 1. The summed E-state index contributed by atoms with van der Waals surface area (Å²) in [5.74, 6) is -1.90. The Morgan fingerprint density at radius 2 is 1.81 bits per heavy atom. The minimum absolute atomic E-state index is 0. The average Bonchev–Trinajstić information content (AvgIpc) is 3.41. The molecule has 2 aromatic rings. The Morgan fingerprint density at radius 1 is 1.09 bits per heavy atom. The normalized spacial score (nSPS) is 26.1. The molecule has 1 saturated carbocycles. The molecular formula is C22H27Cl2N3O4S. The maximum Gasteiger partial charge on any atom is 0.325 e. The van der Waals surface area contributed by atoms with Gasteiger partial charge in [0, 0.05) is 42.8 Å². The van der Waals surface area contributed by atoms with E-state index in [0.717, 1.165) is 11.3 Å². The van der Waals surface area contributed by atoms with E-state index in [4.69, 9.17) is 11.6 Å². The smallest absolute Gasteiger partial charge is 0.325 e. The first-order valence-electron chi connectivity index (χ1n) is 10.3. The summed E-state index contributed by atoms with van der Waals surface area (Å²) in [6.45, 7) is 3.56. The molecule has 4 rings (SSSR count). The Balaban J connectivity index is 0.00000289. The molecule has 1 unspecified atom stereocenters. The van der Waals surface area contributed by atoms with E-state index in [1.807, 2.05) is 48.5 Å². The van der Waals surface area contributed by atoms with Gasteiger partial charge in [-0.1, -0.05) is 54.9 Å². The minimum atomic E-state index is -3.98. The number of carboxylic acids is 1. The van der Waals surface area contributed by atoms with Gasteiger partial charge in [-0.25, -0.2) is 0 Å². The zero-order valence-electron chi connectivity index (χ0n) is 17.6. The number of benzene rings is 2. The molecule has 0 aromatic heterocycles. The van der Waals surface area contributed by atoms with Crippen molar-refractivity contribution in [3.63, 3.8) is 0 Å². The quantitative estimate of drug-likeness (QED) is 0.635. The molecule has 0 amide bonds. The van der Waals surface area contributed by atoms with E-state index in [1.54, 1.807) is 13.0 Å². The van der Waals surface area contributed by atoms with Crippen LogP contribution < -0.4 is 9.62 Å². The summed E-state index contributed by atoms with van der Waals surface area (Å²) >= 11 is 6.09. The monoisotopic (exact) mass is 499 g/mol. The maximum absolute atomic E-state index is 13.2. The van der Waals surface area contributed by atoms with Gasteiger partial charge < -0.3 is 10.0 Å². The fourth-order valence-electron chi connectivity index (χ4n) is 4.64. The SMILES string of the molecule is CC1[C@H](c2ccccc2)[C@]1(NS(=O)(=O)N1CCCN(c2cccc(Cl)c2)CC1)C(=O)O.Cl. The molecule has 32 heavy (non-hydrogen) atoms. The average molecular weight is 500 g/mol. The van der Waals surface area contributed by atoms with Gasteiger partial charge >= 0.3 is 5.97 Å². The molecule has 1 aliphatic heterocycles. The van der Waals surface area contributed by atoms with E-state index in [-0.39, 0.29) is 24.9 Å². The molecule has 10 heteroatoms. The van der Waals surface area contributed by atoms with E-state index in [2.05, 4.69) is 9.62 Å². The number of rotatable bonds is 6. The Labute approximate surface area is 200 Å². The lowest BCUT2D eigenvalue weighted by Crippen LogP contribution is -2.52. The Bertz CT molecular complexity index is 1070. The van der Waals surface area contributed by atoms with Crippen LogP contribution in [0.4, 0.5) is 5.69 Å². The molecule has 7 nitrogen and oxygen atoms in total. The van der Waals surface area contributed by atoms with Crippen LogP contribution in [0.2, 0.25) is 5.02 Å². The van der Waals surface area contributed by atoms with Gasteiger partial charge in [0.05, 0.1) is 0 Å². The summed E-state index contributed by atoms with van der Waals surface area (Å²) in [6, 6.07) is 16.7. The lowest BCUT2D eigenvalue weighted by atomic mass is 10.1. The lowest BCUT2D eigenvalue weighted by Gasteiger charge is -2.25. The van der Waals surface area contributed by atoms with Crippen LogP contribution in [0.1, 0.15) is 24.8 Å². The highest BCUT2D eigenvalue weighted by Gasteiger charge is 2.70. The van der Waals surface area contributed by atoms with E-state index >= 15 is 0 Å². The van der Waals surface area contributed by atoms with Gasteiger partial charge in [-0.15, -0.1) is 12.4 Å². The van der Waals surface area contributed by atoms with Crippen molar-refractivity contribution >= 4 is 45.9 Å². The predicted octanol–water partition coefficient (Wildman–Crippen LogP) is 3.37. The summed E-state index contributed by atoms with van der Waals surface area (Å²) < 4.78 is 30.4. The van der Waals surface area contributed by atoms with Crippen molar-refractivity contribution in [1.82, 2.24) is 9.03 Å². The van der Waals surface area contributed by atoms with Crippen molar-refractivity contribution in [1.29, 1.82) is 0 Å². The van der Waals surface area contributed by atoms with Crippen molar-refractivity contribution in [3.8, 4) is 0 Å². The maximum atomic E-state index is 13.2. The molecule has 2 aromatic carbocycles. The second-order valence-electron chi connectivity index (χ2n) is 8.18. The van der Waals surface area contributed by atoms with Crippen LogP contribution in [0.15, 0.2) is 54.6 Å². The summed E-state index contributed by atoms with van der Waals surface area (Å²) in [5.41, 5.74) is 0.240. The second-order valence-corrected chi connectivity index (χ2v) is 10.3. The van der Waals surface area contributed by atoms with Crippen LogP contribution >= 0.6 is 24.0 Å². The van der Waals surface area contributed by atoms with Crippen molar-refractivity contribution in [3.05, 3.63) is 65.2 Å². The third-order valence-electron chi connectivity index (χ3n) is 6.38. The highest BCUT2D eigenvalue weighted by molar-refractivity contribution is 7.87. The summed E-state index contributed by atoms with van der Waals surface area (Å²) in [6.07, 6.45) is 0.630. The third-order valence-corrected chi connectivity index (χ3v) is 8.25. The molecule has 174 valence electrons. The highest BCUT2D eigenvalue weighted by Crippen LogP contribution is 2.57. The number of carboxylic acid groups (broad SMARTS) is 1. The second kappa shape index (κ2) is 9.57. The van der Waals surface area contributed by atoms with Gasteiger partial charge in [0.15, 0.2) is 0 Å².